The maximum atomic E-state index is 13.0. The minimum atomic E-state index is -0.188. The number of amides is 1. The number of carbonyl (C=O) groups excluding carboxylic acids is 1. The summed E-state index contributed by atoms with van der Waals surface area (Å²) in [6.45, 7) is 1.31. The molecule has 8 heteroatoms. The van der Waals surface area contributed by atoms with Crippen molar-refractivity contribution in [2.75, 3.05) is 13.2 Å². The Bertz CT molecular complexity index is 1280. The summed E-state index contributed by atoms with van der Waals surface area (Å²) in [5.41, 5.74) is 4.22. The Balaban J connectivity index is 1.64. The Labute approximate surface area is 195 Å². The van der Waals surface area contributed by atoms with Gasteiger partial charge in [-0.3, -0.25) is 4.79 Å². The highest BCUT2D eigenvalue weighted by molar-refractivity contribution is 6.33. The zero-order valence-corrected chi connectivity index (χ0v) is 18.6. The van der Waals surface area contributed by atoms with E-state index in [0.717, 1.165) is 35.2 Å². The third-order valence-corrected chi connectivity index (χ3v) is 6.19. The summed E-state index contributed by atoms with van der Waals surface area (Å²) in [6, 6.07) is 15.1. The Hall–Kier alpha value is -2.93. The zero-order valence-electron chi connectivity index (χ0n) is 17.1. The second kappa shape index (κ2) is 8.90. The Kier molecular flexibility index (Phi) is 5.83. The fourth-order valence-corrected chi connectivity index (χ4v) is 4.32. The topological polar surface area (TPSA) is 68.5 Å². The van der Waals surface area contributed by atoms with Crippen LogP contribution in [0.15, 0.2) is 60.9 Å². The van der Waals surface area contributed by atoms with E-state index in [0.29, 0.717) is 34.5 Å². The van der Waals surface area contributed by atoms with Crippen molar-refractivity contribution in [3.05, 3.63) is 76.5 Å². The second-order valence-corrected chi connectivity index (χ2v) is 8.50. The van der Waals surface area contributed by atoms with E-state index >= 15 is 0 Å². The highest BCUT2D eigenvalue weighted by Crippen LogP contribution is 2.36. The molecule has 0 unspecified atom stereocenters. The molecule has 1 saturated heterocycles. The van der Waals surface area contributed by atoms with Crippen LogP contribution in [0.2, 0.25) is 10.0 Å². The number of halogens is 2. The maximum Gasteiger partial charge on any atom is 0.256 e. The number of fused-ring (bicyclic) bond motifs is 1. The van der Waals surface area contributed by atoms with Crippen LogP contribution >= 0.6 is 23.2 Å². The zero-order chi connectivity index (χ0) is 22.1. The van der Waals surface area contributed by atoms with Gasteiger partial charge in [-0.25, -0.2) is 9.50 Å². The van der Waals surface area contributed by atoms with Gasteiger partial charge in [0.05, 0.1) is 11.9 Å². The highest BCUT2D eigenvalue weighted by atomic mass is 35.5. The van der Waals surface area contributed by atoms with Gasteiger partial charge in [0.1, 0.15) is 5.56 Å². The minimum absolute atomic E-state index is 0.0873. The Morgan fingerprint density at radius 3 is 2.50 bits per heavy atom. The Morgan fingerprint density at radius 2 is 1.75 bits per heavy atom. The van der Waals surface area contributed by atoms with E-state index in [1.165, 1.54) is 0 Å². The van der Waals surface area contributed by atoms with Gasteiger partial charge in [-0.05, 0) is 31.0 Å². The lowest BCUT2D eigenvalue weighted by atomic mass is 10.0. The molecular formula is C24H20Cl2N4O2. The number of rotatable bonds is 4. The first-order chi connectivity index (χ1) is 15.6. The molecule has 2 aromatic carbocycles. The number of aromatic nitrogens is 3. The number of hydrogen-bond acceptors (Lipinski definition) is 4. The van der Waals surface area contributed by atoms with Crippen LogP contribution in [0.25, 0.3) is 28.0 Å². The predicted molar refractivity (Wildman–Crippen MR) is 125 cm³/mol. The van der Waals surface area contributed by atoms with Crippen molar-refractivity contribution in [2.45, 2.75) is 18.9 Å². The SMILES string of the molecule is O=C(NC1CCOCC1)c1cnn2c(-c3ccc(Cl)cc3)c(-c3ccccc3Cl)cnc12. The summed E-state index contributed by atoms with van der Waals surface area (Å²) in [6.07, 6.45) is 4.90. The Morgan fingerprint density at radius 1 is 1.00 bits per heavy atom. The molecule has 0 radical (unpaired) electrons. The summed E-state index contributed by atoms with van der Waals surface area (Å²) >= 11 is 12.6. The number of carbonyl (C=O) groups is 1. The number of hydrogen-bond donors (Lipinski definition) is 1. The van der Waals surface area contributed by atoms with Gasteiger partial charge < -0.3 is 10.1 Å². The average molecular weight is 467 g/mol. The second-order valence-electron chi connectivity index (χ2n) is 7.66. The summed E-state index contributed by atoms with van der Waals surface area (Å²) < 4.78 is 7.08. The van der Waals surface area contributed by atoms with Crippen LogP contribution in [0.3, 0.4) is 0 Å². The maximum absolute atomic E-state index is 13.0. The van der Waals surface area contributed by atoms with Gasteiger partial charge in [-0.15, -0.1) is 0 Å². The van der Waals surface area contributed by atoms with Gasteiger partial charge in [-0.1, -0.05) is 53.5 Å². The molecule has 1 aliphatic rings. The van der Waals surface area contributed by atoms with Crippen LogP contribution in [0, 0.1) is 0 Å². The molecule has 0 bridgehead atoms. The molecule has 2 aromatic heterocycles. The van der Waals surface area contributed by atoms with Crippen molar-refractivity contribution in [1.82, 2.24) is 19.9 Å². The van der Waals surface area contributed by atoms with E-state index in [4.69, 9.17) is 27.9 Å². The lowest BCUT2D eigenvalue weighted by Crippen LogP contribution is -2.38. The van der Waals surface area contributed by atoms with Gasteiger partial charge in [0, 0.05) is 52.2 Å². The van der Waals surface area contributed by atoms with E-state index in [-0.39, 0.29) is 11.9 Å². The molecule has 162 valence electrons. The molecule has 1 amide bonds. The largest absolute Gasteiger partial charge is 0.381 e. The van der Waals surface area contributed by atoms with Crippen LogP contribution in [-0.2, 0) is 4.74 Å². The van der Waals surface area contributed by atoms with Crippen LogP contribution in [0.5, 0.6) is 0 Å². The van der Waals surface area contributed by atoms with E-state index in [1.807, 2.05) is 48.5 Å². The monoisotopic (exact) mass is 466 g/mol. The lowest BCUT2D eigenvalue weighted by Gasteiger charge is -2.22. The molecule has 0 saturated carbocycles. The summed E-state index contributed by atoms with van der Waals surface area (Å²) in [4.78, 5) is 17.6. The third-order valence-electron chi connectivity index (χ3n) is 5.61. The van der Waals surface area contributed by atoms with Crippen LogP contribution in [0.4, 0.5) is 0 Å². The lowest BCUT2D eigenvalue weighted by molar-refractivity contribution is 0.0697. The van der Waals surface area contributed by atoms with E-state index in [9.17, 15) is 4.79 Å². The predicted octanol–water partition coefficient (Wildman–Crippen LogP) is 5.28. The molecule has 0 spiro atoms. The van der Waals surface area contributed by atoms with E-state index < -0.39 is 0 Å². The average Bonchev–Trinajstić information content (AvgIpc) is 3.25. The van der Waals surface area contributed by atoms with Gasteiger partial charge in [-0.2, -0.15) is 5.10 Å². The van der Waals surface area contributed by atoms with Crippen molar-refractivity contribution in [3.63, 3.8) is 0 Å². The van der Waals surface area contributed by atoms with Gasteiger partial charge in [0.25, 0.3) is 5.91 Å². The molecule has 0 atom stereocenters. The number of nitrogens with zero attached hydrogens (tertiary/aromatic N) is 3. The fourth-order valence-electron chi connectivity index (χ4n) is 3.96. The number of benzene rings is 2. The molecule has 1 N–H and O–H groups in total. The highest BCUT2D eigenvalue weighted by Gasteiger charge is 2.23. The first-order valence-corrected chi connectivity index (χ1v) is 11.1. The summed E-state index contributed by atoms with van der Waals surface area (Å²) in [5, 5.41) is 8.86. The molecule has 5 rings (SSSR count). The molecule has 1 aliphatic heterocycles. The number of nitrogens with one attached hydrogen (secondary N) is 1. The van der Waals surface area contributed by atoms with Crippen molar-refractivity contribution in [1.29, 1.82) is 0 Å². The minimum Gasteiger partial charge on any atom is -0.381 e. The smallest absolute Gasteiger partial charge is 0.256 e. The first-order valence-electron chi connectivity index (χ1n) is 10.4. The molecule has 32 heavy (non-hydrogen) atoms. The first kappa shape index (κ1) is 20.9. The van der Waals surface area contributed by atoms with E-state index in [2.05, 4.69) is 15.4 Å². The summed E-state index contributed by atoms with van der Waals surface area (Å²) in [7, 11) is 0. The van der Waals surface area contributed by atoms with Crippen molar-refractivity contribution in [2.24, 2.45) is 0 Å². The summed E-state index contributed by atoms with van der Waals surface area (Å²) in [5.74, 6) is -0.188. The van der Waals surface area contributed by atoms with Gasteiger partial charge in [0.2, 0.25) is 0 Å². The molecule has 0 aliphatic carbocycles. The molecule has 3 heterocycles. The van der Waals surface area contributed by atoms with Crippen LogP contribution in [-0.4, -0.2) is 39.8 Å². The molecular weight excluding hydrogens is 447 g/mol. The standard InChI is InChI=1S/C24H20Cl2N4O2/c25-16-7-5-15(6-8-16)22-19(18-3-1-2-4-21(18)26)13-27-23-20(14-28-30(22)23)24(31)29-17-9-11-32-12-10-17/h1-8,13-14,17H,9-12H2,(H,29,31). The molecule has 1 fully saturated rings. The van der Waals surface area contributed by atoms with Crippen molar-refractivity contribution < 1.29 is 9.53 Å². The van der Waals surface area contributed by atoms with Gasteiger partial charge >= 0.3 is 0 Å². The van der Waals surface area contributed by atoms with Gasteiger partial charge in [0.15, 0.2) is 5.65 Å². The van der Waals surface area contributed by atoms with E-state index in [1.54, 1.807) is 16.9 Å². The number of ether oxygens (including phenoxy) is 1. The molecule has 6 nitrogen and oxygen atoms in total. The molecule has 4 aromatic rings. The van der Waals surface area contributed by atoms with Crippen molar-refractivity contribution >= 4 is 34.8 Å². The normalized spacial score (nSPS) is 14.6. The van der Waals surface area contributed by atoms with Crippen molar-refractivity contribution in [3.8, 4) is 22.4 Å². The van der Waals surface area contributed by atoms with Crippen LogP contribution < -0.4 is 5.32 Å². The quantitative estimate of drug-likeness (QED) is 0.444. The van der Waals surface area contributed by atoms with Crippen LogP contribution in [0.1, 0.15) is 23.2 Å². The fraction of sp³-hybridized carbons (Fsp3) is 0.208. The third kappa shape index (κ3) is 3.97.